The summed E-state index contributed by atoms with van der Waals surface area (Å²) >= 11 is 0. The third-order valence-corrected chi connectivity index (χ3v) is 1.24. The minimum atomic E-state index is 0.113. The smallest absolute Gasteiger partial charge is 0.181 e. The molecule has 0 bridgehead atoms. The molecule has 1 nitrogen and oxygen atoms in total. The van der Waals surface area contributed by atoms with Gasteiger partial charge in [0.05, 0.1) is 0 Å². The minimum Gasteiger partial charge on any atom is -0.290 e. The Hall–Kier alpha value is -0.850. The first-order valence-corrected chi connectivity index (χ1v) is 3.40. The maximum Gasteiger partial charge on any atom is 0.181 e. The molecule has 0 rings (SSSR count). The van der Waals surface area contributed by atoms with Crippen molar-refractivity contribution in [3.8, 4) is 0 Å². The number of carbonyl (C=O) groups is 1. The van der Waals surface area contributed by atoms with Gasteiger partial charge in [-0.2, -0.15) is 0 Å². The molecule has 0 aromatic rings. The van der Waals surface area contributed by atoms with Crippen molar-refractivity contribution in [1.29, 1.82) is 0 Å². The number of hydrogen-bond acceptors (Lipinski definition) is 1. The van der Waals surface area contributed by atoms with E-state index >= 15 is 0 Å². The molecule has 0 atom stereocenters. The molecule has 0 heterocycles. The van der Waals surface area contributed by atoms with E-state index in [0.717, 1.165) is 11.1 Å². The highest BCUT2D eigenvalue weighted by atomic mass is 16.1. The van der Waals surface area contributed by atoms with Gasteiger partial charge in [-0.15, -0.1) is 0 Å². The van der Waals surface area contributed by atoms with Crippen LogP contribution in [-0.2, 0) is 4.79 Å². The largest absolute Gasteiger partial charge is 0.290 e. The molecular formula is C9H14O. The van der Waals surface area contributed by atoms with Crippen molar-refractivity contribution in [3.05, 3.63) is 23.3 Å². The van der Waals surface area contributed by atoms with Gasteiger partial charge in [-0.05, 0) is 39.3 Å². The van der Waals surface area contributed by atoms with Crippen LogP contribution in [0.25, 0.3) is 0 Å². The molecular weight excluding hydrogens is 124 g/mol. The summed E-state index contributed by atoms with van der Waals surface area (Å²) in [5.41, 5.74) is 1.85. The van der Waals surface area contributed by atoms with Crippen LogP contribution in [0.2, 0.25) is 0 Å². The molecule has 0 spiro atoms. The molecule has 56 valence electrons. The maximum atomic E-state index is 11.0. The van der Waals surface area contributed by atoms with E-state index in [-0.39, 0.29) is 5.78 Å². The van der Waals surface area contributed by atoms with E-state index in [2.05, 4.69) is 0 Å². The zero-order chi connectivity index (χ0) is 8.15. The fourth-order valence-corrected chi connectivity index (χ4v) is 0.518. The van der Waals surface area contributed by atoms with Gasteiger partial charge in [-0.25, -0.2) is 0 Å². The summed E-state index contributed by atoms with van der Waals surface area (Å²) in [6.45, 7) is 7.52. The number of rotatable bonds is 2. The molecule has 0 aliphatic heterocycles. The Balaban J connectivity index is 4.26. The van der Waals surface area contributed by atoms with Crippen LogP contribution in [0.5, 0.6) is 0 Å². The second kappa shape index (κ2) is 4.04. The molecule has 0 radical (unpaired) electrons. The molecule has 0 unspecified atom stereocenters. The topological polar surface area (TPSA) is 17.1 Å². The van der Waals surface area contributed by atoms with Gasteiger partial charge in [0.2, 0.25) is 0 Å². The van der Waals surface area contributed by atoms with Crippen LogP contribution < -0.4 is 0 Å². The number of hydrogen-bond donors (Lipinski definition) is 0. The number of allylic oxidation sites excluding steroid dienone is 4. The predicted octanol–water partition coefficient (Wildman–Crippen LogP) is 2.49. The average molecular weight is 138 g/mol. The molecule has 0 fully saturated rings. The van der Waals surface area contributed by atoms with Crippen LogP contribution in [0.4, 0.5) is 0 Å². The molecule has 0 aromatic carbocycles. The van der Waals surface area contributed by atoms with Crippen LogP contribution >= 0.6 is 0 Å². The van der Waals surface area contributed by atoms with Gasteiger partial charge in [0.25, 0.3) is 0 Å². The van der Waals surface area contributed by atoms with Gasteiger partial charge in [0.1, 0.15) is 0 Å². The molecule has 0 aliphatic rings. The lowest BCUT2D eigenvalue weighted by atomic mass is 10.1. The molecule has 0 N–H and O–H groups in total. The third kappa shape index (κ3) is 3.23. The van der Waals surface area contributed by atoms with Crippen molar-refractivity contribution in [2.75, 3.05) is 0 Å². The first kappa shape index (κ1) is 9.15. The van der Waals surface area contributed by atoms with Crippen molar-refractivity contribution in [1.82, 2.24) is 0 Å². The summed E-state index contributed by atoms with van der Waals surface area (Å²) in [5.74, 6) is 0.113. The standard InChI is InChI=1S/C9H14O/c1-5-8(4)9(10)6-7(2)3/h5-6H,1-4H3. The summed E-state index contributed by atoms with van der Waals surface area (Å²) < 4.78 is 0. The highest BCUT2D eigenvalue weighted by Gasteiger charge is 1.96. The monoisotopic (exact) mass is 138 g/mol. The normalized spacial score (nSPS) is 11.0. The average Bonchev–Trinajstić information content (AvgIpc) is 1.85. The summed E-state index contributed by atoms with van der Waals surface area (Å²) in [5, 5.41) is 0. The lowest BCUT2D eigenvalue weighted by Crippen LogP contribution is -1.93. The van der Waals surface area contributed by atoms with Gasteiger partial charge in [-0.1, -0.05) is 11.6 Å². The van der Waals surface area contributed by atoms with E-state index < -0.39 is 0 Å². The van der Waals surface area contributed by atoms with E-state index in [1.54, 1.807) is 6.08 Å². The molecule has 0 aliphatic carbocycles. The third-order valence-electron chi connectivity index (χ3n) is 1.24. The van der Waals surface area contributed by atoms with E-state index in [4.69, 9.17) is 0 Å². The van der Waals surface area contributed by atoms with Crippen molar-refractivity contribution >= 4 is 5.78 Å². The first-order chi connectivity index (χ1) is 4.57. The second-order valence-electron chi connectivity index (χ2n) is 2.56. The van der Waals surface area contributed by atoms with E-state index in [1.807, 2.05) is 33.8 Å². The lowest BCUT2D eigenvalue weighted by molar-refractivity contribution is -0.111. The Morgan fingerprint density at radius 1 is 1.20 bits per heavy atom. The second-order valence-corrected chi connectivity index (χ2v) is 2.56. The van der Waals surface area contributed by atoms with Crippen molar-refractivity contribution in [3.63, 3.8) is 0 Å². The Morgan fingerprint density at radius 3 is 2.00 bits per heavy atom. The fourth-order valence-electron chi connectivity index (χ4n) is 0.518. The van der Waals surface area contributed by atoms with Crippen LogP contribution in [0.15, 0.2) is 23.3 Å². The van der Waals surface area contributed by atoms with Crippen molar-refractivity contribution in [2.24, 2.45) is 0 Å². The quantitative estimate of drug-likeness (QED) is 0.536. The summed E-state index contributed by atoms with van der Waals surface area (Å²) in [7, 11) is 0. The van der Waals surface area contributed by atoms with E-state index in [0.29, 0.717) is 0 Å². The highest BCUT2D eigenvalue weighted by Crippen LogP contribution is 1.98. The molecule has 0 aromatic heterocycles. The molecule has 10 heavy (non-hydrogen) atoms. The van der Waals surface area contributed by atoms with Crippen LogP contribution in [-0.4, -0.2) is 5.78 Å². The fraction of sp³-hybridized carbons (Fsp3) is 0.444. The highest BCUT2D eigenvalue weighted by molar-refractivity contribution is 6.03. The predicted molar refractivity (Wildman–Crippen MR) is 43.9 cm³/mol. The SMILES string of the molecule is CC=C(C)C(=O)C=C(C)C. The minimum absolute atomic E-state index is 0.113. The number of ketones is 1. The van der Waals surface area contributed by atoms with Gasteiger partial charge in [0.15, 0.2) is 5.78 Å². The first-order valence-electron chi connectivity index (χ1n) is 3.40. The molecule has 0 saturated heterocycles. The Kier molecular flexibility index (Phi) is 3.70. The van der Waals surface area contributed by atoms with E-state index in [1.165, 1.54) is 0 Å². The Morgan fingerprint density at radius 2 is 1.70 bits per heavy atom. The molecule has 0 amide bonds. The lowest BCUT2D eigenvalue weighted by Gasteiger charge is -1.92. The van der Waals surface area contributed by atoms with E-state index in [9.17, 15) is 4.79 Å². The van der Waals surface area contributed by atoms with Gasteiger partial charge in [0, 0.05) is 0 Å². The summed E-state index contributed by atoms with van der Waals surface area (Å²) in [6.07, 6.45) is 3.47. The molecule has 0 saturated carbocycles. The zero-order valence-corrected chi connectivity index (χ0v) is 7.06. The van der Waals surface area contributed by atoms with Crippen molar-refractivity contribution in [2.45, 2.75) is 27.7 Å². The summed E-state index contributed by atoms with van der Waals surface area (Å²) in [6, 6.07) is 0. The Bertz CT molecular complexity index is 181. The van der Waals surface area contributed by atoms with Crippen LogP contribution in [0.1, 0.15) is 27.7 Å². The van der Waals surface area contributed by atoms with Crippen LogP contribution in [0.3, 0.4) is 0 Å². The van der Waals surface area contributed by atoms with Crippen LogP contribution in [0, 0.1) is 0 Å². The molecule has 1 heteroatoms. The van der Waals surface area contributed by atoms with Gasteiger partial charge in [-0.3, -0.25) is 4.79 Å². The number of carbonyl (C=O) groups excluding carboxylic acids is 1. The van der Waals surface area contributed by atoms with Gasteiger partial charge < -0.3 is 0 Å². The summed E-state index contributed by atoms with van der Waals surface area (Å²) in [4.78, 5) is 11.0. The Labute approximate surface area is 62.4 Å². The zero-order valence-electron chi connectivity index (χ0n) is 7.06. The van der Waals surface area contributed by atoms with Gasteiger partial charge >= 0.3 is 0 Å². The van der Waals surface area contributed by atoms with Crippen molar-refractivity contribution < 1.29 is 4.79 Å². The maximum absolute atomic E-state index is 11.0.